The molecular weight excluding hydrogens is 473 g/mol. The zero-order valence-corrected chi connectivity index (χ0v) is 21.3. The zero-order chi connectivity index (χ0) is 25.0. The Hall–Kier alpha value is -2.37. The molecule has 1 amide bonds. The van der Waals surface area contributed by atoms with Gasteiger partial charge >= 0.3 is 0 Å². The monoisotopic (exact) mass is 507 g/mol. The highest BCUT2D eigenvalue weighted by atomic mass is 32.2. The van der Waals surface area contributed by atoms with Crippen LogP contribution in [0.1, 0.15) is 55.8 Å². The number of amides is 1. The van der Waals surface area contributed by atoms with E-state index >= 15 is 0 Å². The van der Waals surface area contributed by atoms with Crippen molar-refractivity contribution in [2.75, 3.05) is 33.2 Å². The molecule has 0 unspecified atom stereocenters. The van der Waals surface area contributed by atoms with Gasteiger partial charge in [0.05, 0.1) is 11.4 Å². The van der Waals surface area contributed by atoms with Gasteiger partial charge in [0.15, 0.2) is 5.82 Å². The molecule has 1 saturated carbocycles. The van der Waals surface area contributed by atoms with Crippen LogP contribution in [0.25, 0.3) is 0 Å². The average molecular weight is 508 g/mol. The number of rotatable bonds is 8. The van der Waals surface area contributed by atoms with Gasteiger partial charge in [-0.3, -0.25) is 9.69 Å². The first-order chi connectivity index (χ1) is 16.7. The predicted octanol–water partition coefficient (Wildman–Crippen LogP) is 2.75. The van der Waals surface area contributed by atoms with E-state index in [-0.39, 0.29) is 10.8 Å². The Balaban J connectivity index is 1.24. The predicted molar refractivity (Wildman–Crippen MR) is 127 cm³/mol. The van der Waals surface area contributed by atoms with Crippen molar-refractivity contribution in [1.82, 2.24) is 24.2 Å². The number of hydrogen-bond acceptors (Lipinski definition) is 7. The standard InChI is InChI=1S/C24H34FN5O4S/c1-18-16-20(8-9-21(18)25)35(32,33)30-14-12-29(13-15-30)17-22-26-23(34-27-22)10-11-24(31)28(2)19-6-4-3-5-7-19/h8-9,16,19H,3-7,10-15,17H2,1-2H3. The lowest BCUT2D eigenvalue weighted by Gasteiger charge is -2.33. The SMILES string of the molecule is Cc1cc(S(=O)(=O)N2CCN(Cc3noc(CCC(=O)N(C)C4CCCCC4)n3)CC2)ccc1F. The van der Waals surface area contributed by atoms with Gasteiger partial charge in [0.1, 0.15) is 5.82 Å². The van der Waals surface area contributed by atoms with E-state index in [0.29, 0.717) is 68.9 Å². The van der Waals surface area contributed by atoms with E-state index in [0.717, 1.165) is 12.8 Å². The maximum absolute atomic E-state index is 13.5. The summed E-state index contributed by atoms with van der Waals surface area (Å²) in [6, 6.07) is 4.20. The number of halogens is 1. The second-order valence-electron chi connectivity index (χ2n) is 9.49. The third-order valence-electron chi connectivity index (χ3n) is 7.04. The van der Waals surface area contributed by atoms with Crippen molar-refractivity contribution in [3.05, 3.63) is 41.3 Å². The average Bonchev–Trinajstić information content (AvgIpc) is 3.31. The number of aryl methyl sites for hydroxylation is 2. The molecule has 9 nitrogen and oxygen atoms in total. The number of benzene rings is 1. The molecule has 2 aliphatic rings. The summed E-state index contributed by atoms with van der Waals surface area (Å²) in [6.45, 7) is 3.69. The van der Waals surface area contributed by atoms with E-state index in [1.54, 1.807) is 6.92 Å². The zero-order valence-electron chi connectivity index (χ0n) is 20.4. The quantitative estimate of drug-likeness (QED) is 0.542. The number of nitrogens with zero attached hydrogens (tertiary/aromatic N) is 5. The smallest absolute Gasteiger partial charge is 0.243 e. The Bertz CT molecular complexity index is 1120. The summed E-state index contributed by atoms with van der Waals surface area (Å²) < 4.78 is 46.1. The molecule has 1 saturated heterocycles. The number of hydrogen-bond donors (Lipinski definition) is 0. The van der Waals surface area contributed by atoms with Crippen molar-refractivity contribution in [2.45, 2.75) is 69.4 Å². The maximum Gasteiger partial charge on any atom is 0.243 e. The van der Waals surface area contributed by atoms with E-state index in [9.17, 15) is 17.6 Å². The van der Waals surface area contributed by atoms with Crippen LogP contribution in [0.15, 0.2) is 27.6 Å². The molecule has 11 heteroatoms. The van der Waals surface area contributed by atoms with Gasteiger partial charge in [-0.15, -0.1) is 0 Å². The lowest BCUT2D eigenvalue weighted by Crippen LogP contribution is -2.48. The fourth-order valence-corrected chi connectivity index (χ4v) is 6.28. The number of carbonyl (C=O) groups is 1. The molecule has 1 aromatic carbocycles. The van der Waals surface area contributed by atoms with Gasteiger partial charge < -0.3 is 9.42 Å². The second-order valence-corrected chi connectivity index (χ2v) is 11.4. The molecular formula is C24H34FN5O4S. The molecule has 1 aliphatic carbocycles. The Morgan fingerprint density at radius 2 is 1.89 bits per heavy atom. The molecule has 35 heavy (non-hydrogen) atoms. The van der Waals surface area contributed by atoms with Crippen molar-refractivity contribution in [3.8, 4) is 0 Å². The van der Waals surface area contributed by atoms with Crippen molar-refractivity contribution in [3.63, 3.8) is 0 Å². The normalized spacial score (nSPS) is 18.6. The van der Waals surface area contributed by atoms with E-state index in [1.165, 1.54) is 41.8 Å². The fraction of sp³-hybridized carbons (Fsp3) is 0.625. The van der Waals surface area contributed by atoms with Crippen LogP contribution in [0.2, 0.25) is 0 Å². The molecule has 2 aromatic rings. The molecule has 1 aromatic heterocycles. The number of piperazine rings is 1. The van der Waals surface area contributed by atoms with Gasteiger partial charge in [-0.25, -0.2) is 12.8 Å². The van der Waals surface area contributed by atoms with Crippen molar-refractivity contribution in [1.29, 1.82) is 0 Å². The van der Waals surface area contributed by atoms with Crippen LogP contribution in [0, 0.1) is 12.7 Å². The fourth-order valence-electron chi connectivity index (χ4n) is 4.77. The molecule has 2 heterocycles. The summed E-state index contributed by atoms with van der Waals surface area (Å²) >= 11 is 0. The molecule has 192 valence electrons. The summed E-state index contributed by atoms with van der Waals surface area (Å²) in [5.41, 5.74) is 0.306. The third kappa shape index (κ3) is 6.25. The Kier molecular flexibility index (Phi) is 8.18. The molecule has 1 aliphatic heterocycles. The number of sulfonamides is 1. The highest BCUT2D eigenvalue weighted by Gasteiger charge is 2.29. The van der Waals surface area contributed by atoms with Crippen molar-refractivity contribution < 1.29 is 22.1 Å². The minimum atomic E-state index is -3.67. The van der Waals surface area contributed by atoms with Crippen LogP contribution >= 0.6 is 0 Å². The summed E-state index contributed by atoms with van der Waals surface area (Å²) in [7, 11) is -1.79. The van der Waals surface area contributed by atoms with E-state index in [4.69, 9.17) is 4.52 Å². The summed E-state index contributed by atoms with van der Waals surface area (Å²) in [6.07, 6.45) is 6.51. The van der Waals surface area contributed by atoms with Gasteiger partial charge in [0.2, 0.25) is 21.8 Å². The van der Waals surface area contributed by atoms with Crippen molar-refractivity contribution >= 4 is 15.9 Å². The molecule has 0 spiro atoms. The summed E-state index contributed by atoms with van der Waals surface area (Å²) in [5, 5.41) is 4.04. The first kappa shape index (κ1) is 25.7. The third-order valence-corrected chi connectivity index (χ3v) is 8.94. The lowest BCUT2D eigenvalue weighted by atomic mass is 9.94. The Labute approximate surface area is 206 Å². The van der Waals surface area contributed by atoms with E-state index < -0.39 is 15.8 Å². The van der Waals surface area contributed by atoms with Gasteiger partial charge in [0.25, 0.3) is 0 Å². The Morgan fingerprint density at radius 3 is 2.57 bits per heavy atom. The molecule has 0 N–H and O–H groups in total. The number of aromatic nitrogens is 2. The maximum atomic E-state index is 13.5. The van der Waals surface area contributed by atoms with Gasteiger partial charge in [-0.1, -0.05) is 24.4 Å². The second kappa shape index (κ2) is 11.1. The Morgan fingerprint density at radius 1 is 1.17 bits per heavy atom. The van der Waals surface area contributed by atoms with Crippen LogP contribution in [0.5, 0.6) is 0 Å². The highest BCUT2D eigenvalue weighted by molar-refractivity contribution is 7.89. The molecule has 0 atom stereocenters. The van der Waals surface area contributed by atoms with E-state index in [2.05, 4.69) is 15.0 Å². The minimum absolute atomic E-state index is 0.102. The van der Waals surface area contributed by atoms with Gasteiger partial charge in [-0.2, -0.15) is 9.29 Å². The van der Waals surface area contributed by atoms with Gasteiger partial charge in [-0.05, 0) is 43.5 Å². The highest BCUT2D eigenvalue weighted by Crippen LogP contribution is 2.23. The van der Waals surface area contributed by atoms with Crippen LogP contribution < -0.4 is 0 Å². The topological polar surface area (TPSA) is 99.8 Å². The number of carbonyl (C=O) groups excluding carboxylic acids is 1. The van der Waals surface area contributed by atoms with Crippen LogP contribution in [-0.2, 0) is 27.8 Å². The minimum Gasteiger partial charge on any atom is -0.343 e. The van der Waals surface area contributed by atoms with Crippen LogP contribution in [-0.4, -0.2) is 77.8 Å². The molecule has 2 fully saturated rings. The molecule has 0 bridgehead atoms. The van der Waals surface area contributed by atoms with E-state index in [1.807, 2.05) is 11.9 Å². The summed E-state index contributed by atoms with van der Waals surface area (Å²) in [4.78, 5) is 21.0. The largest absolute Gasteiger partial charge is 0.343 e. The molecule has 4 rings (SSSR count). The lowest BCUT2D eigenvalue weighted by molar-refractivity contribution is -0.132. The van der Waals surface area contributed by atoms with Crippen molar-refractivity contribution in [2.24, 2.45) is 0 Å². The van der Waals surface area contributed by atoms with Crippen LogP contribution in [0.3, 0.4) is 0 Å². The van der Waals surface area contributed by atoms with Gasteiger partial charge in [0, 0.05) is 52.1 Å². The first-order valence-electron chi connectivity index (χ1n) is 12.3. The summed E-state index contributed by atoms with van der Waals surface area (Å²) in [5.74, 6) is 0.649. The first-order valence-corrected chi connectivity index (χ1v) is 13.7. The molecule has 0 radical (unpaired) electrons. The van der Waals surface area contributed by atoms with Crippen LogP contribution in [0.4, 0.5) is 4.39 Å².